The predicted octanol–water partition coefficient (Wildman–Crippen LogP) is 0.554. The second kappa shape index (κ2) is 3.79. The molecule has 0 aromatic rings. The van der Waals surface area contributed by atoms with Gasteiger partial charge < -0.3 is 4.90 Å². The van der Waals surface area contributed by atoms with E-state index in [2.05, 4.69) is 18.2 Å². The molecule has 0 saturated carbocycles. The summed E-state index contributed by atoms with van der Waals surface area (Å²) in [6.07, 6.45) is 3.06. The number of hydrogen-bond donors (Lipinski definition) is 0. The van der Waals surface area contributed by atoms with Crippen molar-refractivity contribution < 1.29 is 4.79 Å². The van der Waals surface area contributed by atoms with Gasteiger partial charge in [0.05, 0.1) is 5.41 Å². The summed E-state index contributed by atoms with van der Waals surface area (Å²) in [5.74, 6) is 0.356. The van der Waals surface area contributed by atoms with Crippen LogP contribution in [0.2, 0.25) is 0 Å². The maximum Gasteiger partial charge on any atom is 0.231 e. The molecule has 1 spiro atoms. The van der Waals surface area contributed by atoms with Crippen molar-refractivity contribution in [1.29, 1.82) is 0 Å². The predicted molar refractivity (Wildman–Crippen MR) is 66.1 cm³/mol. The van der Waals surface area contributed by atoms with Crippen molar-refractivity contribution in [2.45, 2.75) is 26.3 Å². The van der Waals surface area contributed by atoms with Crippen LogP contribution in [-0.2, 0) is 25.6 Å². The maximum absolute atomic E-state index is 12.2. The Morgan fingerprint density at radius 3 is 2.47 bits per heavy atom. The first-order valence-electron chi connectivity index (χ1n) is 5.36. The fourth-order valence-corrected chi connectivity index (χ4v) is 3.62. The third-order valence-electron chi connectivity index (χ3n) is 3.49. The molecule has 1 atom stereocenters. The molecule has 0 aromatic carbocycles. The highest BCUT2D eigenvalue weighted by atomic mass is 32.8. The molecule has 86 valence electrons. The minimum absolute atomic E-state index is 0.0651. The van der Waals surface area contributed by atoms with Gasteiger partial charge in [0, 0.05) is 31.9 Å². The van der Waals surface area contributed by atoms with Crippen LogP contribution in [0.3, 0.4) is 0 Å². The molecule has 2 rings (SSSR count). The quantitative estimate of drug-likeness (QED) is 0.711. The van der Waals surface area contributed by atoms with E-state index >= 15 is 0 Å². The largest absolute Gasteiger partial charge is 0.340 e. The van der Waals surface area contributed by atoms with Gasteiger partial charge in [0.1, 0.15) is 0 Å². The summed E-state index contributed by atoms with van der Waals surface area (Å²) in [5.41, 5.74) is -0.0651. The van der Waals surface area contributed by atoms with Crippen molar-refractivity contribution in [2.75, 3.05) is 25.9 Å². The Kier molecular flexibility index (Phi) is 2.90. The molecule has 2 heterocycles. The third kappa shape index (κ3) is 1.74. The second-order valence-corrected chi connectivity index (χ2v) is 7.66. The molecule has 0 bridgehead atoms. The zero-order chi connectivity index (χ0) is 11.2. The summed E-state index contributed by atoms with van der Waals surface area (Å²) in [4.78, 5) is 14.2. The highest BCUT2D eigenvalue weighted by molar-refractivity contribution is 8.27. The van der Waals surface area contributed by atoms with Gasteiger partial charge in [0.15, 0.2) is 0 Å². The lowest BCUT2D eigenvalue weighted by Gasteiger charge is -2.46. The first-order valence-corrected chi connectivity index (χ1v) is 7.87. The number of hydrogen-bond acceptors (Lipinski definition) is 2. The van der Waals surface area contributed by atoms with E-state index in [1.54, 1.807) is 0 Å². The van der Waals surface area contributed by atoms with Gasteiger partial charge >= 0.3 is 0 Å². The number of amides is 1. The zero-order valence-electron chi connectivity index (χ0n) is 9.52. The lowest BCUT2D eigenvalue weighted by atomic mass is 9.80. The molecule has 2 aliphatic heterocycles. The van der Waals surface area contributed by atoms with Crippen molar-refractivity contribution >= 4 is 26.7 Å². The van der Waals surface area contributed by atoms with Gasteiger partial charge in [-0.2, -0.15) is 0 Å². The van der Waals surface area contributed by atoms with E-state index in [-0.39, 0.29) is 15.1 Å². The third-order valence-corrected chi connectivity index (χ3v) is 5.11. The topological polar surface area (TPSA) is 23.6 Å². The summed E-state index contributed by atoms with van der Waals surface area (Å²) in [6, 6.07) is 0.342. The van der Waals surface area contributed by atoms with Crippen molar-refractivity contribution in [3.05, 3.63) is 0 Å². The maximum atomic E-state index is 12.2. The Morgan fingerprint density at radius 2 is 2.07 bits per heavy atom. The molecule has 0 radical (unpaired) electrons. The van der Waals surface area contributed by atoms with Gasteiger partial charge in [-0.05, 0) is 31.5 Å². The molecule has 0 aromatic heterocycles. The lowest BCUT2D eigenvalue weighted by molar-refractivity contribution is -0.142. The lowest BCUT2D eigenvalue weighted by Crippen LogP contribution is -2.60. The monoisotopic (exact) mass is 246 g/mol. The number of carbonyl (C=O) groups excluding carboxylic acids is 1. The minimum Gasteiger partial charge on any atom is -0.340 e. The van der Waals surface area contributed by atoms with Crippen molar-refractivity contribution in [3.63, 3.8) is 0 Å². The number of likely N-dealkylation sites (tertiary alicyclic amines) is 1. The molecule has 2 aliphatic rings. The summed E-state index contributed by atoms with van der Waals surface area (Å²) < 4.78 is 2.23. The van der Waals surface area contributed by atoms with Gasteiger partial charge in [-0.1, -0.05) is 9.64 Å². The molecule has 0 N–H and O–H groups in total. The van der Waals surface area contributed by atoms with E-state index in [1.165, 1.54) is 0 Å². The van der Waals surface area contributed by atoms with E-state index in [9.17, 15) is 4.79 Å². The summed E-state index contributed by atoms with van der Waals surface area (Å²) in [7, 11) is -0.0865. The Balaban J connectivity index is 2.03. The Morgan fingerprint density at radius 1 is 1.47 bits per heavy atom. The van der Waals surface area contributed by atoms with Crippen LogP contribution in [0.25, 0.3) is 0 Å². The van der Waals surface area contributed by atoms with Gasteiger partial charge in [0.25, 0.3) is 0 Å². The molecule has 2 saturated heterocycles. The van der Waals surface area contributed by atoms with Crippen LogP contribution in [0.5, 0.6) is 0 Å². The zero-order valence-corrected chi connectivity index (χ0v) is 11.2. The first-order chi connectivity index (χ1) is 6.96. The molecule has 15 heavy (non-hydrogen) atoms. The van der Waals surface area contributed by atoms with Crippen molar-refractivity contribution in [2.24, 2.45) is 5.41 Å². The summed E-state index contributed by atoms with van der Waals surface area (Å²) in [5, 5.41) is 0. The van der Waals surface area contributed by atoms with Crippen LogP contribution in [-0.4, -0.2) is 47.0 Å². The number of rotatable bonds is 2. The van der Waals surface area contributed by atoms with Crippen LogP contribution < -0.4 is 0 Å². The fourth-order valence-electron chi connectivity index (χ4n) is 2.44. The molecule has 1 unspecified atom stereocenters. The van der Waals surface area contributed by atoms with E-state index in [4.69, 9.17) is 11.2 Å². The molecule has 0 aliphatic carbocycles. The number of nitrogens with zero attached hydrogens (tertiary/aromatic N) is 2. The van der Waals surface area contributed by atoms with E-state index in [1.807, 2.05) is 11.2 Å². The molecule has 3 nitrogen and oxygen atoms in total. The van der Waals surface area contributed by atoms with Crippen molar-refractivity contribution in [1.82, 2.24) is 9.21 Å². The minimum atomic E-state index is -0.0865. The standard InChI is InChI=1S/C10H18N2OS2/c1-8(2)12-5-4-10(9(12)13)6-11(7-10)15(3)14/h8H,4-7H2,1-3H3. The number of carbonyl (C=O) groups is 1. The Bertz CT molecular complexity index is 311. The van der Waals surface area contributed by atoms with E-state index in [0.717, 1.165) is 26.1 Å². The Hall–Kier alpha value is -0.0000000000000000555. The highest BCUT2D eigenvalue weighted by Gasteiger charge is 2.55. The van der Waals surface area contributed by atoms with Gasteiger partial charge in [-0.3, -0.25) is 4.79 Å². The average Bonchev–Trinajstić information content (AvgIpc) is 2.39. The van der Waals surface area contributed by atoms with Gasteiger partial charge in [0.2, 0.25) is 5.91 Å². The summed E-state index contributed by atoms with van der Waals surface area (Å²) >= 11 is 5.22. The van der Waals surface area contributed by atoms with Gasteiger partial charge in [-0.15, -0.1) is 0 Å². The average molecular weight is 246 g/mol. The summed E-state index contributed by atoms with van der Waals surface area (Å²) in [6.45, 7) is 6.88. The first kappa shape index (κ1) is 11.5. The Labute approximate surface area is 98.5 Å². The fraction of sp³-hybridized carbons (Fsp3) is 0.900. The second-order valence-electron chi connectivity index (χ2n) is 4.84. The van der Waals surface area contributed by atoms with E-state index < -0.39 is 0 Å². The molecule has 5 heteroatoms. The molecular formula is C10H18N2OS2. The van der Waals surface area contributed by atoms with Crippen LogP contribution in [0.15, 0.2) is 0 Å². The SMILES string of the molecule is CC(C)N1CCC2(CN(S(C)=S)C2)C1=O. The van der Waals surface area contributed by atoms with Crippen LogP contribution in [0.1, 0.15) is 20.3 Å². The van der Waals surface area contributed by atoms with Crippen LogP contribution in [0.4, 0.5) is 0 Å². The van der Waals surface area contributed by atoms with Crippen LogP contribution >= 0.6 is 0 Å². The van der Waals surface area contributed by atoms with Crippen molar-refractivity contribution in [3.8, 4) is 0 Å². The molecule has 1 amide bonds. The smallest absolute Gasteiger partial charge is 0.231 e. The highest BCUT2D eigenvalue weighted by Crippen LogP contribution is 2.41. The van der Waals surface area contributed by atoms with E-state index in [0.29, 0.717) is 11.9 Å². The van der Waals surface area contributed by atoms with Gasteiger partial charge in [-0.25, -0.2) is 4.31 Å². The van der Waals surface area contributed by atoms with Crippen LogP contribution in [0, 0.1) is 5.41 Å². The normalized spacial score (nSPS) is 27.5. The molecular weight excluding hydrogens is 228 g/mol. The molecule has 2 fully saturated rings.